The van der Waals surface area contributed by atoms with Crippen LogP contribution in [-0.4, -0.2) is 63.9 Å². The highest BCUT2D eigenvalue weighted by molar-refractivity contribution is 5.66. The topological polar surface area (TPSA) is 74.2 Å². The van der Waals surface area contributed by atoms with Gasteiger partial charge < -0.3 is 24.1 Å². The summed E-state index contributed by atoms with van der Waals surface area (Å²) in [6.45, 7) is 6.87. The van der Waals surface area contributed by atoms with Crippen LogP contribution in [0.2, 0.25) is 0 Å². The van der Waals surface area contributed by atoms with Crippen LogP contribution < -0.4 is 0 Å². The van der Waals surface area contributed by atoms with Gasteiger partial charge in [0.15, 0.2) is 0 Å². The molecule has 1 N–H and O–H groups in total. The average Bonchev–Trinajstić information content (AvgIpc) is 2.62. The van der Waals surface area contributed by atoms with Crippen LogP contribution in [0, 0.1) is 0 Å². The number of unbranched alkanes of at least 4 members (excludes halogenated alkanes) is 7. The lowest BCUT2D eigenvalue weighted by Crippen LogP contribution is -2.12. The second-order valence-corrected chi connectivity index (χ2v) is 6.42. The van der Waals surface area contributed by atoms with Gasteiger partial charge in [-0.1, -0.05) is 51.9 Å². The molecule has 6 nitrogen and oxygen atoms in total. The van der Waals surface area contributed by atoms with E-state index < -0.39 is 5.97 Å². The molecular weight excluding hydrogens is 336 g/mol. The van der Waals surface area contributed by atoms with Crippen LogP contribution in [-0.2, 0) is 23.7 Å². The molecule has 0 rings (SSSR count). The first kappa shape index (κ1) is 25.3. The predicted molar refractivity (Wildman–Crippen MR) is 103 cm³/mol. The van der Waals surface area contributed by atoms with Gasteiger partial charge in [0.2, 0.25) is 0 Å². The van der Waals surface area contributed by atoms with Crippen molar-refractivity contribution >= 4 is 5.97 Å². The quantitative estimate of drug-likeness (QED) is 0.287. The highest BCUT2D eigenvalue weighted by Crippen LogP contribution is 2.08. The van der Waals surface area contributed by atoms with E-state index in [9.17, 15) is 4.79 Å². The fourth-order valence-corrected chi connectivity index (χ4v) is 2.43. The molecule has 0 amide bonds. The lowest BCUT2D eigenvalue weighted by Gasteiger charge is -2.07. The van der Waals surface area contributed by atoms with Crippen LogP contribution in [0.1, 0.15) is 71.1 Å². The number of hydrogen-bond donors (Lipinski definition) is 1. The van der Waals surface area contributed by atoms with E-state index >= 15 is 0 Å². The van der Waals surface area contributed by atoms with E-state index in [0.29, 0.717) is 52.7 Å². The van der Waals surface area contributed by atoms with E-state index in [1.807, 2.05) is 0 Å². The van der Waals surface area contributed by atoms with E-state index in [-0.39, 0.29) is 6.42 Å². The summed E-state index contributed by atoms with van der Waals surface area (Å²) in [7, 11) is 0. The van der Waals surface area contributed by atoms with Crippen LogP contribution in [0.3, 0.4) is 0 Å². The fraction of sp³-hybridized carbons (Fsp3) is 0.950. The Morgan fingerprint density at radius 2 is 0.962 bits per heavy atom. The Morgan fingerprint density at radius 1 is 0.577 bits per heavy atom. The molecule has 0 aliphatic carbocycles. The summed E-state index contributed by atoms with van der Waals surface area (Å²) < 4.78 is 21.6. The van der Waals surface area contributed by atoms with Gasteiger partial charge in [0.1, 0.15) is 0 Å². The molecule has 0 bridgehead atoms. The van der Waals surface area contributed by atoms with E-state index in [0.717, 1.165) is 13.0 Å². The maximum absolute atomic E-state index is 10.3. The Morgan fingerprint density at radius 3 is 1.42 bits per heavy atom. The number of hydrogen-bond acceptors (Lipinski definition) is 5. The van der Waals surface area contributed by atoms with Gasteiger partial charge in [-0.2, -0.15) is 0 Å². The van der Waals surface area contributed by atoms with Crippen LogP contribution >= 0.6 is 0 Å². The summed E-state index contributed by atoms with van der Waals surface area (Å²) in [6, 6.07) is 0. The Balaban J connectivity index is 2.98. The summed E-state index contributed by atoms with van der Waals surface area (Å²) in [5.74, 6) is -0.788. The van der Waals surface area contributed by atoms with E-state index in [4.69, 9.17) is 24.1 Å². The molecule has 6 heteroatoms. The molecule has 0 spiro atoms. The third-order valence-electron chi connectivity index (χ3n) is 3.94. The SMILES string of the molecule is CCCCCCCCCCOCCOCCOCCOCCCC(=O)O. The standard InChI is InChI=1S/C20H40O6/c1-2-3-4-5-6-7-8-9-12-23-14-16-25-18-19-26-17-15-24-13-10-11-20(21)22/h2-19H2,1H3,(H,21,22). The number of ether oxygens (including phenoxy) is 4. The Labute approximate surface area is 159 Å². The van der Waals surface area contributed by atoms with Crippen molar-refractivity contribution in [1.29, 1.82) is 0 Å². The van der Waals surface area contributed by atoms with Crippen molar-refractivity contribution in [3.63, 3.8) is 0 Å². The average molecular weight is 377 g/mol. The largest absolute Gasteiger partial charge is 0.481 e. The maximum atomic E-state index is 10.3. The van der Waals surface area contributed by atoms with Gasteiger partial charge in [-0.25, -0.2) is 0 Å². The smallest absolute Gasteiger partial charge is 0.303 e. The lowest BCUT2D eigenvalue weighted by molar-refractivity contribution is -0.137. The Hall–Kier alpha value is -0.690. The van der Waals surface area contributed by atoms with E-state index in [2.05, 4.69) is 6.92 Å². The monoisotopic (exact) mass is 376 g/mol. The first-order valence-electron chi connectivity index (χ1n) is 10.3. The molecule has 0 saturated carbocycles. The van der Waals surface area contributed by atoms with Gasteiger partial charge >= 0.3 is 5.97 Å². The first-order chi connectivity index (χ1) is 12.8. The van der Waals surface area contributed by atoms with Gasteiger partial charge in [-0.05, 0) is 12.8 Å². The van der Waals surface area contributed by atoms with Crippen molar-refractivity contribution in [3.8, 4) is 0 Å². The molecule has 0 radical (unpaired) electrons. The first-order valence-corrected chi connectivity index (χ1v) is 10.3. The summed E-state index contributed by atoms with van der Waals surface area (Å²) >= 11 is 0. The molecule has 0 aromatic carbocycles. The number of rotatable bonds is 22. The number of carboxylic acid groups (broad SMARTS) is 1. The predicted octanol–water partition coefficient (Wildman–Crippen LogP) is 4.06. The molecule has 0 unspecified atom stereocenters. The molecule has 0 heterocycles. The van der Waals surface area contributed by atoms with Gasteiger partial charge in [0, 0.05) is 19.6 Å². The zero-order valence-corrected chi connectivity index (χ0v) is 16.7. The van der Waals surface area contributed by atoms with Crippen molar-refractivity contribution in [1.82, 2.24) is 0 Å². The minimum atomic E-state index is -0.788. The normalized spacial score (nSPS) is 11.1. The highest BCUT2D eigenvalue weighted by Gasteiger charge is 1.97. The molecule has 156 valence electrons. The van der Waals surface area contributed by atoms with Gasteiger partial charge in [-0.3, -0.25) is 4.79 Å². The number of aliphatic carboxylic acids is 1. The molecule has 26 heavy (non-hydrogen) atoms. The van der Waals surface area contributed by atoms with Crippen molar-refractivity contribution in [2.75, 3.05) is 52.9 Å². The molecular formula is C20H40O6. The Kier molecular flexibility index (Phi) is 21.8. The molecule has 0 aliphatic heterocycles. The number of carbonyl (C=O) groups is 1. The molecule has 0 fully saturated rings. The molecule has 0 aromatic heterocycles. The third kappa shape index (κ3) is 23.3. The molecule has 0 aromatic rings. The van der Waals surface area contributed by atoms with Crippen molar-refractivity contribution < 1.29 is 28.8 Å². The summed E-state index contributed by atoms with van der Waals surface area (Å²) in [4.78, 5) is 10.3. The zero-order chi connectivity index (χ0) is 19.1. The van der Waals surface area contributed by atoms with Gasteiger partial charge in [0.05, 0.1) is 39.6 Å². The van der Waals surface area contributed by atoms with Crippen molar-refractivity contribution in [2.45, 2.75) is 71.1 Å². The van der Waals surface area contributed by atoms with Crippen LogP contribution in [0.25, 0.3) is 0 Å². The van der Waals surface area contributed by atoms with E-state index in [1.165, 1.54) is 44.9 Å². The van der Waals surface area contributed by atoms with Crippen molar-refractivity contribution in [2.24, 2.45) is 0 Å². The molecule has 0 saturated heterocycles. The number of carboxylic acids is 1. The summed E-state index contributed by atoms with van der Waals surface area (Å²) in [5, 5.41) is 8.47. The van der Waals surface area contributed by atoms with Gasteiger partial charge in [0.25, 0.3) is 0 Å². The second-order valence-electron chi connectivity index (χ2n) is 6.42. The maximum Gasteiger partial charge on any atom is 0.303 e. The van der Waals surface area contributed by atoms with Crippen molar-refractivity contribution in [3.05, 3.63) is 0 Å². The molecule has 0 atom stereocenters. The van der Waals surface area contributed by atoms with Crippen LogP contribution in [0.15, 0.2) is 0 Å². The second kappa shape index (κ2) is 22.4. The fourth-order valence-electron chi connectivity index (χ4n) is 2.43. The minimum absolute atomic E-state index is 0.149. The minimum Gasteiger partial charge on any atom is -0.481 e. The Bertz CT molecular complexity index is 285. The summed E-state index contributed by atoms with van der Waals surface area (Å²) in [5.41, 5.74) is 0. The van der Waals surface area contributed by atoms with Crippen LogP contribution in [0.5, 0.6) is 0 Å². The third-order valence-corrected chi connectivity index (χ3v) is 3.94. The molecule has 0 aliphatic rings. The highest BCUT2D eigenvalue weighted by atomic mass is 16.6. The zero-order valence-electron chi connectivity index (χ0n) is 16.7. The van der Waals surface area contributed by atoms with Crippen LogP contribution in [0.4, 0.5) is 0 Å². The summed E-state index contributed by atoms with van der Waals surface area (Å²) in [6.07, 6.45) is 11.2. The van der Waals surface area contributed by atoms with Gasteiger partial charge in [-0.15, -0.1) is 0 Å². The lowest BCUT2D eigenvalue weighted by atomic mass is 10.1. The van der Waals surface area contributed by atoms with E-state index in [1.54, 1.807) is 0 Å².